The largest absolute Gasteiger partial charge is 0.513 e. The van der Waals surface area contributed by atoms with Crippen LogP contribution in [-0.2, 0) is 0 Å². The molecule has 0 saturated heterocycles. The fourth-order valence-corrected chi connectivity index (χ4v) is 1.82. The fourth-order valence-electron chi connectivity index (χ4n) is 1.82. The normalized spacial score (nSPS) is 9.82. The monoisotopic (exact) mass is 301 g/mol. The summed E-state index contributed by atoms with van der Waals surface area (Å²) in [5.74, 6) is -1.02. The molecule has 0 saturated carbocycles. The first-order chi connectivity index (χ1) is 10.5. The van der Waals surface area contributed by atoms with Crippen molar-refractivity contribution in [2.24, 2.45) is 0 Å². The van der Waals surface area contributed by atoms with Crippen LogP contribution in [-0.4, -0.2) is 23.2 Å². The fraction of sp³-hybridized carbons (Fsp3) is 0. The molecule has 1 N–H and O–H groups in total. The maximum atomic E-state index is 12.5. The van der Waals surface area contributed by atoms with Gasteiger partial charge in [0.05, 0.1) is 11.3 Å². The van der Waals surface area contributed by atoms with Gasteiger partial charge in [0.15, 0.2) is 5.78 Å². The van der Waals surface area contributed by atoms with Crippen LogP contribution in [0.2, 0.25) is 0 Å². The van der Waals surface area contributed by atoms with Crippen molar-refractivity contribution >= 4 is 18.1 Å². The van der Waals surface area contributed by atoms with Gasteiger partial charge in [0.1, 0.15) is 5.75 Å². The van der Waals surface area contributed by atoms with Crippen LogP contribution >= 0.6 is 0 Å². The number of hydrogen-bond donors (Lipinski definition) is 1. The molecule has 0 heterocycles. The van der Waals surface area contributed by atoms with Gasteiger partial charge < -0.3 is 24.5 Å². The number of carboxylic acid groups (broad SMARTS) is 2. The van der Waals surface area contributed by atoms with E-state index in [2.05, 4.69) is 9.47 Å². The van der Waals surface area contributed by atoms with E-state index in [1.165, 1.54) is 48.5 Å². The molecule has 0 aromatic heterocycles. The molecule has 0 bridgehead atoms. The van der Waals surface area contributed by atoms with Crippen LogP contribution < -0.4 is 14.6 Å². The first-order valence-electron chi connectivity index (χ1n) is 6.01. The Kier molecular flexibility index (Phi) is 4.38. The van der Waals surface area contributed by atoms with Gasteiger partial charge in [0.2, 0.25) is 0 Å². The van der Waals surface area contributed by atoms with E-state index in [1.807, 2.05) is 0 Å². The smallest absolute Gasteiger partial charge is 0.511 e. The molecular weight excluding hydrogens is 292 g/mol. The lowest BCUT2D eigenvalue weighted by Crippen LogP contribution is -2.27. The third kappa shape index (κ3) is 3.40. The van der Waals surface area contributed by atoms with Crippen molar-refractivity contribution in [2.75, 3.05) is 0 Å². The molecule has 0 unspecified atom stereocenters. The Bertz CT molecular complexity index is 675. The molecule has 0 spiro atoms. The summed E-state index contributed by atoms with van der Waals surface area (Å²) in [6, 6.07) is 11.3. The second kappa shape index (κ2) is 6.40. The number of rotatable bonds is 4. The van der Waals surface area contributed by atoms with E-state index in [9.17, 15) is 19.5 Å². The first-order valence-corrected chi connectivity index (χ1v) is 6.01. The van der Waals surface area contributed by atoms with E-state index in [-0.39, 0.29) is 22.6 Å². The summed E-state index contributed by atoms with van der Waals surface area (Å²) in [4.78, 5) is 33.7. The molecule has 2 aromatic carbocycles. The van der Waals surface area contributed by atoms with E-state index >= 15 is 0 Å². The Hall–Kier alpha value is -3.35. The van der Waals surface area contributed by atoms with Crippen LogP contribution in [0.1, 0.15) is 15.9 Å². The average Bonchev–Trinajstić information content (AvgIpc) is 2.46. The lowest BCUT2D eigenvalue weighted by atomic mass is 10.0. The number of hydrogen-bond acceptors (Lipinski definition) is 6. The molecule has 0 amide bonds. The number of para-hydroxylation sites is 2. The van der Waals surface area contributed by atoms with Gasteiger partial charge in [0, 0.05) is 5.56 Å². The van der Waals surface area contributed by atoms with E-state index in [0.29, 0.717) is 0 Å². The van der Waals surface area contributed by atoms with Gasteiger partial charge in [0.25, 0.3) is 6.16 Å². The zero-order chi connectivity index (χ0) is 16.1. The van der Waals surface area contributed by atoms with Crippen molar-refractivity contribution in [1.29, 1.82) is 0 Å². The van der Waals surface area contributed by atoms with E-state index in [0.717, 1.165) is 0 Å². The third-order valence-electron chi connectivity index (χ3n) is 2.65. The molecule has 0 aliphatic rings. The highest BCUT2D eigenvalue weighted by Gasteiger charge is 2.18. The molecular formula is C15H9O7-. The van der Waals surface area contributed by atoms with Crippen molar-refractivity contribution in [3.63, 3.8) is 0 Å². The van der Waals surface area contributed by atoms with Crippen molar-refractivity contribution in [3.05, 3.63) is 59.7 Å². The maximum absolute atomic E-state index is 12.5. The van der Waals surface area contributed by atoms with E-state index in [4.69, 9.17) is 5.11 Å². The molecule has 0 radical (unpaired) electrons. The minimum atomic E-state index is -1.81. The summed E-state index contributed by atoms with van der Waals surface area (Å²) >= 11 is 0. The Labute approximate surface area is 124 Å². The van der Waals surface area contributed by atoms with Crippen LogP contribution in [0.15, 0.2) is 48.5 Å². The molecule has 112 valence electrons. The number of benzene rings is 2. The Morgan fingerprint density at radius 3 is 1.73 bits per heavy atom. The first kappa shape index (κ1) is 15.0. The zero-order valence-corrected chi connectivity index (χ0v) is 11.0. The Morgan fingerprint density at radius 1 is 0.818 bits per heavy atom. The number of ether oxygens (including phenoxy) is 2. The third-order valence-corrected chi connectivity index (χ3v) is 2.65. The molecule has 2 aromatic rings. The van der Waals surface area contributed by atoms with Gasteiger partial charge in [-0.05, 0) is 24.3 Å². The molecule has 0 atom stereocenters. The quantitative estimate of drug-likeness (QED) is 0.519. The van der Waals surface area contributed by atoms with Crippen LogP contribution in [0.5, 0.6) is 11.5 Å². The lowest BCUT2D eigenvalue weighted by Gasteiger charge is -2.14. The van der Waals surface area contributed by atoms with Gasteiger partial charge in [-0.3, -0.25) is 4.79 Å². The van der Waals surface area contributed by atoms with Gasteiger partial charge in [-0.2, -0.15) is 0 Å². The van der Waals surface area contributed by atoms with Gasteiger partial charge in [-0.15, -0.1) is 0 Å². The summed E-state index contributed by atoms with van der Waals surface area (Å²) in [6.45, 7) is 0. The molecule has 0 fully saturated rings. The molecule has 0 aliphatic heterocycles. The highest BCUT2D eigenvalue weighted by molar-refractivity contribution is 6.12. The lowest BCUT2D eigenvalue weighted by molar-refractivity contribution is -0.271. The predicted molar refractivity (Wildman–Crippen MR) is 71.0 cm³/mol. The maximum Gasteiger partial charge on any atom is 0.511 e. The van der Waals surface area contributed by atoms with Crippen LogP contribution in [0.4, 0.5) is 9.59 Å². The van der Waals surface area contributed by atoms with Gasteiger partial charge >= 0.3 is 6.16 Å². The minimum Gasteiger partial charge on any atom is -0.513 e. The van der Waals surface area contributed by atoms with Crippen LogP contribution in [0, 0.1) is 0 Å². The summed E-state index contributed by atoms with van der Waals surface area (Å²) in [7, 11) is 0. The summed E-state index contributed by atoms with van der Waals surface area (Å²) in [5.41, 5.74) is -0.104. The highest BCUT2D eigenvalue weighted by Crippen LogP contribution is 2.26. The summed E-state index contributed by atoms with van der Waals surface area (Å²) in [5, 5.41) is 19.2. The van der Waals surface area contributed by atoms with Crippen LogP contribution in [0.25, 0.3) is 0 Å². The Balaban J connectivity index is 2.45. The molecule has 2 rings (SSSR count). The number of ketones is 1. The van der Waals surface area contributed by atoms with Gasteiger partial charge in [-0.1, -0.05) is 24.3 Å². The second-order valence-electron chi connectivity index (χ2n) is 4.04. The molecule has 7 heteroatoms. The second-order valence-corrected chi connectivity index (χ2v) is 4.04. The van der Waals surface area contributed by atoms with Crippen LogP contribution in [0.3, 0.4) is 0 Å². The van der Waals surface area contributed by atoms with Crippen molar-refractivity contribution in [3.8, 4) is 11.5 Å². The topological polar surface area (TPSA) is 113 Å². The molecule has 0 aliphatic carbocycles. The SMILES string of the molecule is O=C([O-])Oc1ccccc1C(=O)c1ccccc1OC(=O)O. The molecule has 7 nitrogen and oxygen atoms in total. The number of carbonyl (C=O) groups is 3. The van der Waals surface area contributed by atoms with Crippen molar-refractivity contribution in [1.82, 2.24) is 0 Å². The molecule has 22 heavy (non-hydrogen) atoms. The van der Waals surface area contributed by atoms with Gasteiger partial charge in [-0.25, -0.2) is 4.79 Å². The standard InChI is InChI=1S/C15H10O7/c16-13(9-5-1-3-7-11(9)21-14(17)18)10-6-2-4-8-12(10)22-15(19)20/h1-8H,(H,17,18)(H,19,20)/p-1. The number of carbonyl (C=O) groups excluding carboxylic acids is 2. The van der Waals surface area contributed by atoms with Crippen molar-refractivity contribution in [2.45, 2.75) is 0 Å². The minimum absolute atomic E-state index is 0.0423. The Morgan fingerprint density at radius 2 is 1.27 bits per heavy atom. The average molecular weight is 301 g/mol. The highest BCUT2D eigenvalue weighted by atomic mass is 16.7. The summed E-state index contributed by atoms with van der Waals surface area (Å²) in [6.07, 6.45) is -3.38. The van der Waals surface area contributed by atoms with E-state index < -0.39 is 18.1 Å². The zero-order valence-electron chi connectivity index (χ0n) is 11.0. The summed E-state index contributed by atoms with van der Waals surface area (Å²) < 4.78 is 8.97. The predicted octanol–water partition coefficient (Wildman–Crippen LogP) is 1.70. The van der Waals surface area contributed by atoms with E-state index in [1.54, 1.807) is 0 Å². The van der Waals surface area contributed by atoms with Crippen molar-refractivity contribution < 1.29 is 34.1 Å².